The zero-order chi connectivity index (χ0) is 21.0. The van der Waals surface area contributed by atoms with E-state index in [0.29, 0.717) is 12.1 Å². The Labute approximate surface area is 177 Å². The highest BCUT2D eigenvalue weighted by Gasteiger charge is 2.21. The zero-order valence-electron chi connectivity index (χ0n) is 18.0. The number of rotatable bonds is 8. The molecule has 0 aliphatic carbocycles. The molecule has 0 fully saturated rings. The summed E-state index contributed by atoms with van der Waals surface area (Å²) in [5.74, 6) is 0.0128. The molecule has 3 aromatic rings. The summed E-state index contributed by atoms with van der Waals surface area (Å²) < 4.78 is 1.14. The molecule has 0 saturated heterocycles. The predicted molar refractivity (Wildman–Crippen MR) is 124 cm³/mol. The Kier molecular flexibility index (Phi) is 6.87. The maximum Gasteiger partial charge on any atom is 0.260 e. The number of thiazole rings is 1. The van der Waals surface area contributed by atoms with Crippen molar-refractivity contribution in [2.75, 3.05) is 51.1 Å². The molecular weight excluding hydrogens is 380 g/mol. The summed E-state index contributed by atoms with van der Waals surface area (Å²) in [6, 6.07) is 14.2. The Hall–Kier alpha value is -2.44. The third-order valence-corrected chi connectivity index (χ3v) is 6.06. The van der Waals surface area contributed by atoms with Crippen LogP contribution in [0.15, 0.2) is 42.5 Å². The summed E-state index contributed by atoms with van der Waals surface area (Å²) in [7, 11) is 8.27. The predicted octanol–water partition coefficient (Wildman–Crippen LogP) is 3.11. The minimum Gasteiger partial charge on any atom is -0.378 e. The van der Waals surface area contributed by atoms with Crippen molar-refractivity contribution in [2.24, 2.45) is 0 Å². The van der Waals surface area contributed by atoms with Crippen LogP contribution in [0.3, 0.4) is 0 Å². The second kappa shape index (κ2) is 9.37. The van der Waals surface area contributed by atoms with Gasteiger partial charge >= 0.3 is 0 Å². The molecule has 1 aromatic heterocycles. The van der Waals surface area contributed by atoms with Crippen LogP contribution in [0.25, 0.3) is 10.2 Å². The first-order valence-corrected chi connectivity index (χ1v) is 11.0. The lowest BCUT2D eigenvalue weighted by Crippen LogP contribution is -3.05. The number of anilines is 2. The number of quaternary nitrogens is 1. The number of hydrogen-bond acceptors (Lipinski definition) is 4. The Balaban J connectivity index is 1.92. The molecule has 1 amide bonds. The van der Waals surface area contributed by atoms with E-state index in [1.54, 1.807) is 11.3 Å². The first-order valence-electron chi connectivity index (χ1n) is 10.2. The number of carbonyl (C=O) groups excluding carboxylic acids is 1. The second-order valence-electron chi connectivity index (χ2n) is 7.86. The van der Waals surface area contributed by atoms with Gasteiger partial charge in [-0.25, -0.2) is 4.98 Å². The van der Waals surface area contributed by atoms with E-state index in [9.17, 15) is 4.79 Å². The molecule has 0 radical (unpaired) electrons. The normalized spacial score (nSPS) is 11.2. The van der Waals surface area contributed by atoms with Crippen LogP contribution in [0, 0.1) is 0 Å². The van der Waals surface area contributed by atoms with Crippen LogP contribution >= 0.6 is 11.3 Å². The minimum atomic E-state index is 0.0128. The number of benzene rings is 2. The highest BCUT2D eigenvalue weighted by Crippen LogP contribution is 2.31. The Bertz CT molecular complexity index is 963. The first-order chi connectivity index (χ1) is 13.9. The lowest BCUT2D eigenvalue weighted by molar-refractivity contribution is -0.858. The average Bonchev–Trinajstić information content (AvgIpc) is 3.13. The molecule has 0 aliphatic rings. The molecule has 1 heterocycles. The van der Waals surface area contributed by atoms with Crippen molar-refractivity contribution in [1.82, 2.24) is 4.98 Å². The fourth-order valence-electron chi connectivity index (χ4n) is 3.23. The number of aromatic nitrogens is 1. The summed E-state index contributed by atoms with van der Waals surface area (Å²) in [6.45, 7) is 3.83. The SMILES string of the molecule is CCc1ccc2nc(N(CCC[NH+](C)C)C(=O)c3ccc(N(C)C)cc3)sc2c1. The fourth-order valence-corrected chi connectivity index (χ4v) is 4.28. The maximum absolute atomic E-state index is 13.4. The highest BCUT2D eigenvalue weighted by molar-refractivity contribution is 7.22. The van der Waals surface area contributed by atoms with Crippen LogP contribution in [0.5, 0.6) is 0 Å². The molecule has 1 N–H and O–H groups in total. The third kappa shape index (κ3) is 5.14. The standard InChI is InChI=1S/C23H30N4OS/c1-6-17-8-13-20-21(16-17)29-23(24-20)27(15-7-14-25(2)3)22(28)18-9-11-19(12-10-18)26(4)5/h8-13,16H,6-7,14-15H2,1-5H3/p+1. The first kappa shape index (κ1) is 21.3. The highest BCUT2D eigenvalue weighted by atomic mass is 32.1. The lowest BCUT2D eigenvalue weighted by Gasteiger charge is -2.21. The Morgan fingerprint density at radius 2 is 1.83 bits per heavy atom. The topological polar surface area (TPSA) is 40.9 Å². The third-order valence-electron chi connectivity index (χ3n) is 5.02. The van der Waals surface area contributed by atoms with E-state index < -0.39 is 0 Å². The van der Waals surface area contributed by atoms with Gasteiger partial charge in [0.1, 0.15) is 0 Å². The van der Waals surface area contributed by atoms with Gasteiger partial charge in [-0.05, 0) is 48.4 Å². The van der Waals surface area contributed by atoms with Gasteiger partial charge in [0.25, 0.3) is 5.91 Å². The number of carbonyl (C=O) groups is 1. The van der Waals surface area contributed by atoms with Crippen LogP contribution in [0.1, 0.15) is 29.3 Å². The van der Waals surface area contributed by atoms with Gasteiger partial charge in [0.05, 0.1) is 30.9 Å². The van der Waals surface area contributed by atoms with Crippen molar-refractivity contribution in [3.63, 3.8) is 0 Å². The van der Waals surface area contributed by atoms with Gasteiger partial charge in [-0.15, -0.1) is 0 Å². The summed E-state index contributed by atoms with van der Waals surface area (Å²) in [5, 5.41) is 0.781. The Morgan fingerprint density at radius 1 is 1.10 bits per heavy atom. The van der Waals surface area contributed by atoms with Crippen molar-refractivity contribution < 1.29 is 9.69 Å². The molecule has 6 heteroatoms. The van der Waals surface area contributed by atoms with Gasteiger partial charge in [0.2, 0.25) is 0 Å². The molecule has 0 bridgehead atoms. The van der Waals surface area contributed by atoms with E-state index in [2.05, 4.69) is 39.2 Å². The number of hydrogen-bond donors (Lipinski definition) is 1. The second-order valence-corrected chi connectivity index (χ2v) is 8.87. The zero-order valence-corrected chi connectivity index (χ0v) is 18.8. The fraction of sp³-hybridized carbons (Fsp3) is 0.391. The largest absolute Gasteiger partial charge is 0.378 e. The molecule has 29 heavy (non-hydrogen) atoms. The molecule has 0 atom stereocenters. The van der Waals surface area contributed by atoms with Gasteiger partial charge in [0, 0.05) is 38.3 Å². The van der Waals surface area contributed by atoms with Crippen molar-refractivity contribution in [3.8, 4) is 0 Å². The summed E-state index contributed by atoms with van der Waals surface area (Å²) in [6.07, 6.45) is 1.93. The van der Waals surface area contributed by atoms with Crippen molar-refractivity contribution in [3.05, 3.63) is 53.6 Å². The van der Waals surface area contributed by atoms with Gasteiger partial charge in [-0.2, -0.15) is 0 Å². The number of amides is 1. The maximum atomic E-state index is 13.4. The molecule has 0 spiro atoms. The van der Waals surface area contributed by atoms with E-state index in [1.807, 2.05) is 48.2 Å². The summed E-state index contributed by atoms with van der Waals surface area (Å²) in [5.41, 5.74) is 4.03. The number of nitrogens with one attached hydrogen (secondary N) is 1. The van der Waals surface area contributed by atoms with Crippen molar-refractivity contribution >= 4 is 38.3 Å². The molecule has 0 unspecified atom stereocenters. The van der Waals surface area contributed by atoms with Gasteiger partial charge in [0.15, 0.2) is 5.13 Å². The quantitative estimate of drug-likeness (QED) is 0.619. The van der Waals surface area contributed by atoms with Crippen LogP contribution in [0.2, 0.25) is 0 Å². The molecule has 0 aliphatic heterocycles. The van der Waals surface area contributed by atoms with Gasteiger partial charge in [-0.3, -0.25) is 9.69 Å². The monoisotopic (exact) mass is 411 g/mol. The number of nitrogens with zero attached hydrogens (tertiary/aromatic N) is 3. The van der Waals surface area contributed by atoms with Crippen LogP contribution in [0.4, 0.5) is 10.8 Å². The van der Waals surface area contributed by atoms with E-state index in [-0.39, 0.29) is 5.91 Å². The van der Waals surface area contributed by atoms with E-state index in [1.165, 1.54) is 10.5 Å². The average molecular weight is 412 g/mol. The molecule has 0 saturated carbocycles. The molecule has 154 valence electrons. The van der Waals surface area contributed by atoms with Crippen molar-refractivity contribution in [2.45, 2.75) is 19.8 Å². The van der Waals surface area contributed by atoms with Crippen LogP contribution < -0.4 is 14.7 Å². The van der Waals surface area contributed by atoms with E-state index in [4.69, 9.17) is 4.98 Å². The van der Waals surface area contributed by atoms with Gasteiger partial charge in [-0.1, -0.05) is 24.3 Å². The molecule has 3 rings (SSSR count). The smallest absolute Gasteiger partial charge is 0.260 e. The van der Waals surface area contributed by atoms with Crippen LogP contribution in [-0.4, -0.2) is 52.2 Å². The summed E-state index contributed by atoms with van der Waals surface area (Å²) >= 11 is 1.60. The van der Waals surface area contributed by atoms with Crippen molar-refractivity contribution in [1.29, 1.82) is 0 Å². The Morgan fingerprint density at radius 3 is 2.45 bits per heavy atom. The lowest BCUT2D eigenvalue weighted by atomic mass is 10.1. The minimum absolute atomic E-state index is 0.0128. The molecule has 2 aromatic carbocycles. The van der Waals surface area contributed by atoms with Crippen LogP contribution in [-0.2, 0) is 6.42 Å². The molecular formula is C23H31N4OS+. The summed E-state index contributed by atoms with van der Waals surface area (Å²) in [4.78, 5) is 23.4. The van der Waals surface area contributed by atoms with Gasteiger partial charge < -0.3 is 9.80 Å². The number of aryl methyl sites for hydroxylation is 1. The number of fused-ring (bicyclic) bond motifs is 1. The van der Waals surface area contributed by atoms with E-state index in [0.717, 1.165) is 40.4 Å². The molecule has 5 nitrogen and oxygen atoms in total. The van der Waals surface area contributed by atoms with E-state index >= 15 is 0 Å².